The number of aliphatic carboxylic acids is 1. The van der Waals surface area contributed by atoms with Crippen molar-refractivity contribution in [3.63, 3.8) is 0 Å². The van der Waals surface area contributed by atoms with Crippen LogP contribution in [0.25, 0.3) is 0 Å². The number of carbonyl (C=O) groups excluding carboxylic acids is 1. The molecule has 110 valence electrons. The van der Waals surface area contributed by atoms with Gasteiger partial charge in [-0.2, -0.15) is 0 Å². The number of carboxylic acids is 1. The van der Waals surface area contributed by atoms with Gasteiger partial charge in [0, 0.05) is 30.0 Å². The number of hydrogen-bond acceptors (Lipinski definition) is 4. The summed E-state index contributed by atoms with van der Waals surface area (Å²) in [5.74, 6) is -0.743. The van der Waals surface area contributed by atoms with Crippen LogP contribution in [-0.4, -0.2) is 40.5 Å². The number of nitrogens with one attached hydrogen (secondary N) is 1. The van der Waals surface area contributed by atoms with Crippen LogP contribution in [0.5, 0.6) is 0 Å². The highest BCUT2D eigenvalue weighted by molar-refractivity contribution is 7.99. The standard InChI is InChI=1S/C14H19NO4S/c1-10-2-4-11(5-3-10)20-9-7-13(17)15-8-6-12(16)14(18)19/h2-5,12,16H,6-9H2,1H3,(H,15,17)(H,18,19)/t12-/m0/s1. The van der Waals surface area contributed by atoms with E-state index in [0.717, 1.165) is 4.90 Å². The van der Waals surface area contributed by atoms with Gasteiger partial charge in [0.1, 0.15) is 0 Å². The zero-order chi connectivity index (χ0) is 15.0. The van der Waals surface area contributed by atoms with Gasteiger partial charge in [-0.3, -0.25) is 4.79 Å². The average Bonchev–Trinajstić information content (AvgIpc) is 2.40. The maximum Gasteiger partial charge on any atom is 0.332 e. The first-order chi connectivity index (χ1) is 9.49. The minimum atomic E-state index is -1.42. The SMILES string of the molecule is Cc1ccc(SCCC(=O)NCC[C@H](O)C(=O)O)cc1. The van der Waals surface area contributed by atoms with Crippen LogP contribution < -0.4 is 5.32 Å². The number of carbonyl (C=O) groups is 2. The molecule has 0 bridgehead atoms. The summed E-state index contributed by atoms with van der Waals surface area (Å²) in [6, 6.07) is 8.08. The molecule has 0 radical (unpaired) electrons. The summed E-state index contributed by atoms with van der Waals surface area (Å²) < 4.78 is 0. The van der Waals surface area contributed by atoms with Crippen molar-refractivity contribution in [2.24, 2.45) is 0 Å². The molecule has 0 aliphatic carbocycles. The summed E-state index contributed by atoms with van der Waals surface area (Å²) in [7, 11) is 0. The van der Waals surface area contributed by atoms with Crippen molar-refractivity contribution in [2.75, 3.05) is 12.3 Å². The zero-order valence-electron chi connectivity index (χ0n) is 11.3. The number of carboxylic acid groups (broad SMARTS) is 1. The van der Waals surface area contributed by atoms with E-state index in [9.17, 15) is 9.59 Å². The fourth-order valence-corrected chi connectivity index (χ4v) is 2.31. The Morgan fingerprint density at radius 1 is 1.30 bits per heavy atom. The van der Waals surface area contributed by atoms with Crippen LogP contribution >= 0.6 is 11.8 Å². The Morgan fingerprint density at radius 3 is 2.55 bits per heavy atom. The third kappa shape index (κ3) is 6.58. The molecule has 0 aromatic heterocycles. The summed E-state index contributed by atoms with van der Waals surface area (Å²) >= 11 is 1.60. The van der Waals surface area contributed by atoms with Gasteiger partial charge in [-0.1, -0.05) is 17.7 Å². The lowest BCUT2D eigenvalue weighted by molar-refractivity contribution is -0.147. The lowest BCUT2D eigenvalue weighted by Crippen LogP contribution is -2.30. The van der Waals surface area contributed by atoms with Crippen molar-refractivity contribution in [1.82, 2.24) is 5.32 Å². The maximum atomic E-state index is 11.5. The molecule has 0 aliphatic heterocycles. The van der Waals surface area contributed by atoms with E-state index in [4.69, 9.17) is 10.2 Å². The third-order valence-corrected chi connectivity index (χ3v) is 3.66. The highest BCUT2D eigenvalue weighted by Gasteiger charge is 2.12. The molecule has 20 heavy (non-hydrogen) atoms. The van der Waals surface area contributed by atoms with E-state index in [1.807, 2.05) is 31.2 Å². The first kappa shape index (κ1) is 16.5. The van der Waals surface area contributed by atoms with E-state index in [1.54, 1.807) is 11.8 Å². The molecule has 1 aromatic carbocycles. The van der Waals surface area contributed by atoms with Crippen LogP contribution in [0.3, 0.4) is 0 Å². The van der Waals surface area contributed by atoms with Crippen LogP contribution in [0, 0.1) is 6.92 Å². The van der Waals surface area contributed by atoms with Crippen molar-refractivity contribution in [3.8, 4) is 0 Å². The number of hydrogen-bond donors (Lipinski definition) is 3. The second kappa shape index (κ2) is 8.60. The molecule has 1 rings (SSSR count). The fourth-order valence-electron chi connectivity index (χ4n) is 1.46. The third-order valence-electron chi connectivity index (χ3n) is 2.64. The Hall–Kier alpha value is -1.53. The molecule has 0 unspecified atom stereocenters. The predicted molar refractivity (Wildman–Crippen MR) is 77.8 cm³/mol. The number of rotatable bonds is 8. The molecule has 0 aliphatic rings. The van der Waals surface area contributed by atoms with Crippen LogP contribution in [-0.2, 0) is 9.59 Å². The highest BCUT2D eigenvalue weighted by atomic mass is 32.2. The molecule has 0 spiro atoms. The number of aryl methyl sites for hydroxylation is 1. The van der Waals surface area contributed by atoms with E-state index >= 15 is 0 Å². The lowest BCUT2D eigenvalue weighted by Gasteiger charge is -2.07. The van der Waals surface area contributed by atoms with Gasteiger partial charge in [-0.05, 0) is 19.1 Å². The van der Waals surface area contributed by atoms with E-state index < -0.39 is 12.1 Å². The topological polar surface area (TPSA) is 86.6 Å². The molecule has 1 atom stereocenters. The minimum Gasteiger partial charge on any atom is -0.479 e. The van der Waals surface area contributed by atoms with Crippen LogP contribution in [0.1, 0.15) is 18.4 Å². The van der Waals surface area contributed by atoms with E-state index in [1.165, 1.54) is 5.56 Å². The Balaban J connectivity index is 2.14. The first-order valence-electron chi connectivity index (χ1n) is 6.36. The average molecular weight is 297 g/mol. The van der Waals surface area contributed by atoms with Gasteiger partial charge < -0.3 is 15.5 Å². The summed E-state index contributed by atoms with van der Waals surface area (Å²) in [4.78, 5) is 23.0. The summed E-state index contributed by atoms with van der Waals surface area (Å²) in [5.41, 5.74) is 1.20. The van der Waals surface area contributed by atoms with Gasteiger partial charge in [-0.25, -0.2) is 4.79 Å². The summed E-state index contributed by atoms with van der Waals surface area (Å²) in [6.07, 6.45) is -1.04. The van der Waals surface area contributed by atoms with Gasteiger partial charge >= 0.3 is 5.97 Å². The normalized spacial score (nSPS) is 11.9. The van der Waals surface area contributed by atoms with Crippen molar-refractivity contribution >= 4 is 23.6 Å². The van der Waals surface area contributed by atoms with Gasteiger partial charge in [0.15, 0.2) is 6.10 Å². The molecule has 0 fully saturated rings. The first-order valence-corrected chi connectivity index (χ1v) is 7.34. The summed E-state index contributed by atoms with van der Waals surface area (Å²) in [5, 5.41) is 20.1. The fraction of sp³-hybridized carbons (Fsp3) is 0.429. The smallest absolute Gasteiger partial charge is 0.332 e. The van der Waals surface area contributed by atoms with Crippen molar-refractivity contribution in [3.05, 3.63) is 29.8 Å². The van der Waals surface area contributed by atoms with Crippen LogP contribution in [0.4, 0.5) is 0 Å². The second-order valence-corrected chi connectivity index (χ2v) is 5.57. The van der Waals surface area contributed by atoms with Crippen LogP contribution in [0.15, 0.2) is 29.2 Å². The van der Waals surface area contributed by atoms with Gasteiger partial charge in [-0.15, -0.1) is 11.8 Å². The Bertz CT molecular complexity index is 447. The lowest BCUT2D eigenvalue weighted by atomic mass is 10.2. The highest BCUT2D eigenvalue weighted by Crippen LogP contribution is 2.18. The summed E-state index contributed by atoms with van der Waals surface area (Å²) in [6.45, 7) is 2.19. The van der Waals surface area contributed by atoms with Gasteiger partial charge in [0.05, 0.1) is 0 Å². The van der Waals surface area contributed by atoms with Crippen molar-refractivity contribution in [2.45, 2.75) is 30.8 Å². The molecular weight excluding hydrogens is 278 g/mol. The zero-order valence-corrected chi connectivity index (χ0v) is 12.2. The number of aliphatic hydroxyl groups is 1. The van der Waals surface area contributed by atoms with Gasteiger partial charge in [0.25, 0.3) is 0 Å². The molecule has 6 heteroatoms. The van der Waals surface area contributed by atoms with Crippen molar-refractivity contribution in [1.29, 1.82) is 0 Å². The molecule has 5 nitrogen and oxygen atoms in total. The number of benzene rings is 1. The Kier molecular flexibility index (Phi) is 7.11. The second-order valence-electron chi connectivity index (χ2n) is 4.40. The van der Waals surface area contributed by atoms with Crippen LogP contribution in [0.2, 0.25) is 0 Å². The Morgan fingerprint density at radius 2 is 1.95 bits per heavy atom. The molecule has 1 amide bonds. The van der Waals surface area contributed by atoms with Crippen molar-refractivity contribution < 1.29 is 19.8 Å². The van der Waals surface area contributed by atoms with E-state index in [2.05, 4.69) is 5.32 Å². The van der Waals surface area contributed by atoms with Gasteiger partial charge in [0.2, 0.25) is 5.91 Å². The maximum absolute atomic E-state index is 11.5. The molecule has 0 saturated carbocycles. The number of thioether (sulfide) groups is 1. The number of amides is 1. The minimum absolute atomic E-state index is 0.0200. The molecule has 1 aromatic rings. The molecule has 0 heterocycles. The predicted octanol–water partition coefficient (Wildman–Crippen LogP) is 1.43. The largest absolute Gasteiger partial charge is 0.479 e. The molecule has 0 saturated heterocycles. The van der Waals surface area contributed by atoms with E-state index in [-0.39, 0.29) is 18.9 Å². The molecular formula is C14H19NO4S. The monoisotopic (exact) mass is 297 g/mol. The van der Waals surface area contributed by atoms with E-state index in [0.29, 0.717) is 12.2 Å². The number of aliphatic hydroxyl groups excluding tert-OH is 1. The Labute approximate surface area is 122 Å². The quantitative estimate of drug-likeness (QED) is 0.632. The molecule has 3 N–H and O–H groups in total.